The van der Waals surface area contributed by atoms with Crippen LogP contribution >= 0.6 is 0 Å². The van der Waals surface area contributed by atoms with Crippen LogP contribution in [0.5, 0.6) is 0 Å². The van der Waals surface area contributed by atoms with Gasteiger partial charge in [0.2, 0.25) is 0 Å². The molecular weight excluding hydrogens is 278 g/mol. The molecule has 5 heteroatoms. The number of furan rings is 1. The molecule has 0 saturated heterocycles. The lowest BCUT2D eigenvalue weighted by Crippen LogP contribution is -2.47. The number of hydrogen-bond donors (Lipinski definition) is 2. The van der Waals surface area contributed by atoms with Crippen molar-refractivity contribution in [2.75, 3.05) is 19.6 Å². The Hall–Kier alpha value is -1.85. The average Bonchev–Trinajstić information content (AvgIpc) is 2.96. The topological polar surface area (TPSA) is 71.5 Å². The van der Waals surface area contributed by atoms with Gasteiger partial charge in [0, 0.05) is 25.7 Å². The van der Waals surface area contributed by atoms with Crippen molar-refractivity contribution in [1.82, 2.24) is 10.2 Å². The molecule has 3 N–H and O–H groups in total. The van der Waals surface area contributed by atoms with Crippen LogP contribution < -0.4 is 11.1 Å². The van der Waals surface area contributed by atoms with Crippen LogP contribution in [-0.4, -0.2) is 36.5 Å². The predicted octanol–water partition coefficient (Wildman–Crippen LogP) is 2.17. The van der Waals surface area contributed by atoms with E-state index in [1.165, 1.54) is 6.26 Å². The molecule has 1 unspecified atom stereocenters. The van der Waals surface area contributed by atoms with Gasteiger partial charge in [-0.3, -0.25) is 9.69 Å². The Labute approximate surface area is 132 Å². The summed E-state index contributed by atoms with van der Waals surface area (Å²) in [6, 6.07) is 1.88. The summed E-state index contributed by atoms with van der Waals surface area (Å²) in [6.07, 6.45) is 5.17. The van der Waals surface area contributed by atoms with Gasteiger partial charge in [-0.1, -0.05) is 26.0 Å². The molecule has 122 valence electrons. The fourth-order valence-electron chi connectivity index (χ4n) is 2.37. The summed E-state index contributed by atoms with van der Waals surface area (Å²) in [6.45, 7) is 14.2. The zero-order valence-electron chi connectivity index (χ0n) is 13.5. The minimum atomic E-state index is -0.147. The van der Waals surface area contributed by atoms with E-state index in [-0.39, 0.29) is 18.5 Å². The predicted molar refractivity (Wildman–Crippen MR) is 89.5 cm³/mol. The number of nitrogens with zero attached hydrogens (tertiary/aromatic N) is 1. The number of carbonyl (C=O) groups is 1. The van der Waals surface area contributed by atoms with Gasteiger partial charge < -0.3 is 15.5 Å². The smallest absolute Gasteiger partial charge is 0.254 e. The van der Waals surface area contributed by atoms with Gasteiger partial charge >= 0.3 is 0 Å². The molecular formula is C17H27N3O2. The summed E-state index contributed by atoms with van der Waals surface area (Å²) in [5.74, 6) is 0.848. The monoisotopic (exact) mass is 305 g/mol. The lowest BCUT2D eigenvalue weighted by molar-refractivity contribution is 0.0926. The average molecular weight is 305 g/mol. The molecule has 0 aromatic carbocycles. The van der Waals surface area contributed by atoms with Gasteiger partial charge in [-0.15, -0.1) is 13.2 Å². The summed E-state index contributed by atoms with van der Waals surface area (Å²) in [5, 5.41) is 2.97. The number of rotatable bonds is 10. The summed E-state index contributed by atoms with van der Waals surface area (Å²) in [4.78, 5) is 14.4. The second-order valence-electron chi connectivity index (χ2n) is 5.56. The van der Waals surface area contributed by atoms with Crippen LogP contribution in [-0.2, 0) is 6.54 Å². The van der Waals surface area contributed by atoms with Gasteiger partial charge in [-0.05, 0) is 12.0 Å². The molecule has 5 nitrogen and oxygen atoms in total. The summed E-state index contributed by atoms with van der Waals surface area (Å²) in [7, 11) is 0. The van der Waals surface area contributed by atoms with E-state index in [9.17, 15) is 4.79 Å². The van der Waals surface area contributed by atoms with Crippen molar-refractivity contribution < 1.29 is 9.21 Å². The van der Waals surface area contributed by atoms with Crippen LogP contribution in [0.2, 0.25) is 0 Å². The Morgan fingerprint density at radius 1 is 1.41 bits per heavy atom. The number of nitrogens with one attached hydrogen (secondary N) is 1. The molecule has 0 aliphatic heterocycles. The first-order valence-electron chi connectivity index (χ1n) is 7.55. The van der Waals surface area contributed by atoms with Gasteiger partial charge in [-0.2, -0.15) is 0 Å². The molecule has 1 rings (SSSR count). The molecule has 0 aliphatic carbocycles. The Morgan fingerprint density at radius 2 is 2.05 bits per heavy atom. The van der Waals surface area contributed by atoms with Crippen LogP contribution in [0.1, 0.15) is 30.0 Å². The highest BCUT2D eigenvalue weighted by atomic mass is 16.3. The van der Waals surface area contributed by atoms with Crippen molar-refractivity contribution >= 4 is 5.91 Å². The molecule has 0 spiro atoms. The summed E-state index contributed by atoms with van der Waals surface area (Å²) in [5.41, 5.74) is 5.98. The van der Waals surface area contributed by atoms with Crippen molar-refractivity contribution in [2.24, 2.45) is 11.7 Å². The fraction of sp³-hybridized carbons (Fsp3) is 0.471. The van der Waals surface area contributed by atoms with E-state index in [4.69, 9.17) is 10.2 Å². The maximum atomic E-state index is 12.2. The Morgan fingerprint density at radius 3 is 2.50 bits per heavy atom. The Kier molecular flexibility index (Phi) is 7.63. The quantitative estimate of drug-likeness (QED) is 0.650. The molecule has 1 aromatic heterocycles. The van der Waals surface area contributed by atoms with E-state index in [0.29, 0.717) is 23.8 Å². The molecule has 1 atom stereocenters. The second kappa shape index (κ2) is 9.23. The van der Waals surface area contributed by atoms with Crippen LogP contribution in [0.3, 0.4) is 0 Å². The minimum Gasteiger partial charge on any atom is -0.467 e. The van der Waals surface area contributed by atoms with Crippen molar-refractivity contribution in [3.8, 4) is 0 Å². The third-order valence-corrected chi connectivity index (χ3v) is 3.55. The summed E-state index contributed by atoms with van der Waals surface area (Å²) < 4.78 is 5.19. The zero-order valence-corrected chi connectivity index (χ0v) is 13.5. The fourth-order valence-corrected chi connectivity index (χ4v) is 2.37. The van der Waals surface area contributed by atoms with Crippen LogP contribution in [0.15, 0.2) is 42.1 Å². The molecule has 1 heterocycles. The van der Waals surface area contributed by atoms with Crippen molar-refractivity contribution in [3.05, 3.63) is 49.0 Å². The van der Waals surface area contributed by atoms with Crippen molar-refractivity contribution in [3.63, 3.8) is 0 Å². The number of nitrogens with two attached hydrogens (primary N) is 1. The van der Waals surface area contributed by atoms with Gasteiger partial charge in [0.15, 0.2) is 0 Å². The summed E-state index contributed by atoms with van der Waals surface area (Å²) >= 11 is 0. The van der Waals surface area contributed by atoms with Crippen molar-refractivity contribution in [2.45, 2.75) is 26.4 Å². The van der Waals surface area contributed by atoms with E-state index in [1.54, 1.807) is 6.07 Å². The van der Waals surface area contributed by atoms with Crippen LogP contribution in [0.25, 0.3) is 0 Å². The van der Waals surface area contributed by atoms with Gasteiger partial charge in [0.1, 0.15) is 12.0 Å². The third kappa shape index (κ3) is 5.16. The number of hydrogen-bond acceptors (Lipinski definition) is 4. The molecule has 0 bridgehead atoms. The van der Waals surface area contributed by atoms with E-state index >= 15 is 0 Å². The van der Waals surface area contributed by atoms with E-state index in [1.807, 2.05) is 12.2 Å². The standard InChI is InChI=1S/C17H27N3O2/c1-5-7-20(8-6-2)16(13(3)4)11-19-17(21)14-9-15(10-18)22-12-14/h5-6,9,12-13,16H,1-2,7-8,10-11,18H2,3-4H3,(H,19,21). The SMILES string of the molecule is C=CCN(CC=C)C(CNC(=O)c1coc(CN)c1)C(C)C. The first-order chi connectivity index (χ1) is 10.5. The van der Waals surface area contributed by atoms with E-state index in [0.717, 1.165) is 13.1 Å². The highest BCUT2D eigenvalue weighted by Crippen LogP contribution is 2.12. The van der Waals surface area contributed by atoms with Crippen LogP contribution in [0, 0.1) is 5.92 Å². The van der Waals surface area contributed by atoms with Gasteiger partial charge in [0.25, 0.3) is 5.91 Å². The molecule has 1 aromatic rings. The third-order valence-electron chi connectivity index (χ3n) is 3.55. The largest absolute Gasteiger partial charge is 0.467 e. The number of carbonyl (C=O) groups excluding carboxylic acids is 1. The normalized spacial score (nSPS) is 12.4. The molecule has 0 fully saturated rings. The first kappa shape index (κ1) is 18.2. The van der Waals surface area contributed by atoms with Crippen LogP contribution in [0.4, 0.5) is 0 Å². The minimum absolute atomic E-state index is 0.147. The number of amides is 1. The Bertz CT molecular complexity index is 484. The van der Waals surface area contributed by atoms with E-state index in [2.05, 4.69) is 37.2 Å². The second-order valence-corrected chi connectivity index (χ2v) is 5.56. The van der Waals surface area contributed by atoms with Gasteiger partial charge in [-0.25, -0.2) is 0 Å². The molecule has 22 heavy (non-hydrogen) atoms. The molecule has 0 radical (unpaired) electrons. The maximum absolute atomic E-state index is 12.2. The molecule has 0 saturated carbocycles. The highest BCUT2D eigenvalue weighted by molar-refractivity contribution is 5.93. The lowest BCUT2D eigenvalue weighted by atomic mass is 10.0. The lowest BCUT2D eigenvalue weighted by Gasteiger charge is -2.33. The van der Waals surface area contributed by atoms with Gasteiger partial charge in [0.05, 0.1) is 12.1 Å². The zero-order chi connectivity index (χ0) is 16.5. The molecule has 0 aliphatic rings. The highest BCUT2D eigenvalue weighted by Gasteiger charge is 2.21. The maximum Gasteiger partial charge on any atom is 0.254 e. The Balaban J connectivity index is 2.68. The molecule has 1 amide bonds. The van der Waals surface area contributed by atoms with Crippen molar-refractivity contribution in [1.29, 1.82) is 0 Å². The first-order valence-corrected chi connectivity index (χ1v) is 7.55. The van der Waals surface area contributed by atoms with E-state index < -0.39 is 0 Å².